The van der Waals surface area contributed by atoms with Gasteiger partial charge in [-0.25, -0.2) is 0 Å². The van der Waals surface area contributed by atoms with Gasteiger partial charge in [-0.1, -0.05) is 33.1 Å². The molecule has 18 heavy (non-hydrogen) atoms. The minimum absolute atomic E-state index is 0.493. The second-order valence-corrected chi connectivity index (χ2v) is 7.15. The lowest BCUT2D eigenvalue weighted by Gasteiger charge is -2.38. The van der Waals surface area contributed by atoms with E-state index >= 15 is 0 Å². The van der Waals surface area contributed by atoms with Crippen molar-refractivity contribution in [3.63, 3.8) is 0 Å². The van der Waals surface area contributed by atoms with Crippen molar-refractivity contribution in [1.82, 2.24) is 10.6 Å². The molecule has 0 spiro atoms. The molecule has 1 saturated carbocycles. The molecule has 0 aromatic carbocycles. The van der Waals surface area contributed by atoms with E-state index in [0.717, 1.165) is 11.8 Å². The summed E-state index contributed by atoms with van der Waals surface area (Å²) in [7, 11) is 0. The van der Waals surface area contributed by atoms with Crippen LogP contribution in [-0.2, 0) is 0 Å². The van der Waals surface area contributed by atoms with Crippen LogP contribution in [0.4, 0.5) is 0 Å². The van der Waals surface area contributed by atoms with Crippen LogP contribution in [0.5, 0.6) is 0 Å². The maximum Gasteiger partial charge on any atom is 0.000528 e. The molecule has 1 aliphatic heterocycles. The largest absolute Gasteiger partial charge is 0.317 e. The minimum Gasteiger partial charge on any atom is -0.317 e. The summed E-state index contributed by atoms with van der Waals surface area (Å²) in [4.78, 5) is 0. The van der Waals surface area contributed by atoms with Crippen LogP contribution in [-0.4, -0.2) is 26.2 Å². The zero-order valence-corrected chi connectivity index (χ0v) is 12.4. The molecule has 2 heteroatoms. The Morgan fingerprint density at radius 2 is 1.67 bits per heavy atom. The van der Waals surface area contributed by atoms with Gasteiger partial charge in [-0.05, 0) is 62.6 Å². The fourth-order valence-electron chi connectivity index (χ4n) is 3.71. The SMILES string of the molecule is CC(C)(CNCC1CCNCC1)C1CCCCC1. The summed E-state index contributed by atoms with van der Waals surface area (Å²) in [6.45, 7) is 9.83. The number of piperidine rings is 1. The zero-order valence-electron chi connectivity index (χ0n) is 12.4. The number of hydrogen-bond acceptors (Lipinski definition) is 2. The average Bonchev–Trinajstić information content (AvgIpc) is 2.41. The molecular weight excluding hydrogens is 220 g/mol. The molecule has 2 fully saturated rings. The summed E-state index contributed by atoms with van der Waals surface area (Å²) in [5.41, 5.74) is 0.493. The Kier molecular flexibility index (Phi) is 5.50. The van der Waals surface area contributed by atoms with Gasteiger partial charge < -0.3 is 10.6 Å². The Morgan fingerprint density at radius 3 is 2.33 bits per heavy atom. The summed E-state index contributed by atoms with van der Waals surface area (Å²) >= 11 is 0. The predicted molar refractivity (Wildman–Crippen MR) is 78.8 cm³/mol. The van der Waals surface area contributed by atoms with Gasteiger partial charge in [-0.15, -0.1) is 0 Å². The van der Waals surface area contributed by atoms with Gasteiger partial charge in [0.15, 0.2) is 0 Å². The summed E-state index contributed by atoms with van der Waals surface area (Å²) in [5.74, 6) is 1.86. The van der Waals surface area contributed by atoms with Crippen LogP contribution < -0.4 is 10.6 Å². The molecule has 0 unspecified atom stereocenters. The third-order valence-electron chi connectivity index (χ3n) is 5.18. The second kappa shape index (κ2) is 6.91. The molecule has 2 nitrogen and oxygen atoms in total. The second-order valence-electron chi connectivity index (χ2n) is 7.15. The van der Waals surface area contributed by atoms with Gasteiger partial charge in [0.1, 0.15) is 0 Å². The highest BCUT2D eigenvalue weighted by Gasteiger charge is 2.30. The molecule has 1 aliphatic carbocycles. The van der Waals surface area contributed by atoms with Crippen LogP contribution in [0.1, 0.15) is 58.8 Å². The average molecular weight is 252 g/mol. The molecule has 0 aromatic rings. The highest BCUT2D eigenvalue weighted by molar-refractivity contribution is 4.83. The fourth-order valence-corrected chi connectivity index (χ4v) is 3.71. The first-order chi connectivity index (χ1) is 8.68. The molecule has 2 N–H and O–H groups in total. The number of nitrogens with one attached hydrogen (secondary N) is 2. The van der Waals surface area contributed by atoms with Gasteiger partial charge in [-0.3, -0.25) is 0 Å². The molecule has 0 amide bonds. The summed E-state index contributed by atoms with van der Waals surface area (Å²) in [6.07, 6.45) is 10.0. The fraction of sp³-hybridized carbons (Fsp3) is 1.00. The summed E-state index contributed by atoms with van der Waals surface area (Å²) in [6, 6.07) is 0. The van der Waals surface area contributed by atoms with Gasteiger partial charge in [0.25, 0.3) is 0 Å². The molecule has 0 aromatic heterocycles. The van der Waals surface area contributed by atoms with Crippen molar-refractivity contribution in [3.8, 4) is 0 Å². The van der Waals surface area contributed by atoms with Crippen LogP contribution in [0.25, 0.3) is 0 Å². The van der Waals surface area contributed by atoms with Gasteiger partial charge >= 0.3 is 0 Å². The van der Waals surface area contributed by atoms with E-state index in [4.69, 9.17) is 0 Å². The third kappa shape index (κ3) is 4.24. The lowest BCUT2D eigenvalue weighted by molar-refractivity contribution is 0.151. The standard InChI is InChI=1S/C16H32N2/c1-16(2,15-6-4-3-5-7-15)13-18-12-14-8-10-17-11-9-14/h14-15,17-18H,3-13H2,1-2H3. The lowest BCUT2D eigenvalue weighted by atomic mass is 9.71. The van der Waals surface area contributed by atoms with E-state index in [-0.39, 0.29) is 0 Å². The van der Waals surface area contributed by atoms with Crippen molar-refractivity contribution in [2.24, 2.45) is 17.3 Å². The van der Waals surface area contributed by atoms with Crippen LogP contribution in [0.2, 0.25) is 0 Å². The molecule has 1 heterocycles. The maximum atomic E-state index is 3.76. The van der Waals surface area contributed by atoms with Crippen molar-refractivity contribution in [1.29, 1.82) is 0 Å². The minimum atomic E-state index is 0.493. The van der Waals surface area contributed by atoms with E-state index in [1.165, 1.54) is 71.1 Å². The van der Waals surface area contributed by atoms with E-state index in [1.807, 2.05) is 0 Å². The van der Waals surface area contributed by atoms with E-state index in [9.17, 15) is 0 Å². The molecule has 106 valence electrons. The van der Waals surface area contributed by atoms with Crippen LogP contribution >= 0.6 is 0 Å². The molecule has 0 atom stereocenters. The molecule has 2 rings (SSSR count). The van der Waals surface area contributed by atoms with E-state index in [2.05, 4.69) is 24.5 Å². The van der Waals surface area contributed by atoms with Crippen molar-refractivity contribution < 1.29 is 0 Å². The van der Waals surface area contributed by atoms with Crippen LogP contribution in [0, 0.1) is 17.3 Å². The summed E-state index contributed by atoms with van der Waals surface area (Å²) in [5, 5.41) is 7.21. The normalized spacial score (nSPS) is 24.3. The molecule has 2 aliphatic rings. The molecular formula is C16H32N2. The smallest absolute Gasteiger partial charge is 0.000528 e. The van der Waals surface area contributed by atoms with Gasteiger partial charge in [0.05, 0.1) is 0 Å². The third-order valence-corrected chi connectivity index (χ3v) is 5.18. The summed E-state index contributed by atoms with van der Waals surface area (Å²) < 4.78 is 0. The van der Waals surface area contributed by atoms with Crippen LogP contribution in [0.15, 0.2) is 0 Å². The van der Waals surface area contributed by atoms with Gasteiger partial charge in [-0.2, -0.15) is 0 Å². The topological polar surface area (TPSA) is 24.1 Å². The van der Waals surface area contributed by atoms with Crippen molar-refractivity contribution in [2.75, 3.05) is 26.2 Å². The van der Waals surface area contributed by atoms with Crippen molar-refractivity contribution in [2.45, 2.75) is 58.8 Å². The van der Waals surface area contributed by atoms with Gasteiger partial charge in [0, 0.05) is 6.54 Å². The number of rotatable bonds is 5. The Morgan fingerprint density at radius 1 is 1.00 bits per heavy atom. The molecule has 0 radical (unpaired) electrons. The Hall–Kier alpha value is -0.0800. The first kappa shape index (κ1) is 14.3. The first-order valence-corrected chi connectivity index (χ1v) is 8.10. The van der Waals surface area contributed by atoms with Crippen LogP contribution in [0.3, 0.4) is 0 Å². The molecule has 0 bridgehead atoms. The predicted octanol–water partition coefficient (Wildman–Crippen LogP) is 3.18. The zero-order chi connectivity index (χ0) is 12.8. The Bertz CT molecular complexity index is 225. The lowest BCUT2D eigenvalue weighted by Crippen LogP contribution is -2.40. The van der Waals surface area contributed by atoms with E-state index in [0.29, 0.717) is 5.41 Å². The number of hydrogen-bond donors (Lipinski definition) is 2. The molecule has 1 saturated heterocycles. The van der Waals surface area contributed by atoms with Crippen molar-refractivity contribution in [3.05, 3.63) is 0 Å². The first-order valence-electron chi connectivity index (χ1n) is 8.10. The van der Waals surface area contributed by atoms with E-state index < -0.39 is 0 Å². The Labute approximate surface area is 113 Å². The quantitative estimate of drug-likeness (QED) is 0.785. The maximum absolute atomic E-state index is 3.76. The van der Waals surface area contributed by atoms with Gasteiger partial charge in [0.2, 0.25) is 0 Å². The highest BCUT2D eigenvalue weighted by atomic mass is 14.9. The highest BCUT2D eigenvalue weighted by Crippen LogP contribution is 2.37. The van der Waals surface area contributed by atoms with E-state index in [1.54, 1.807) is 0 Å². The monoisotopic (exact) mass is 252 g/mol. The Balaban J connectivity index is 1.67. The van der Waals surface area contributed by atoms with Crippen molar-refractivity contribution >= 4 is 0 Å².